The van der Waals surface area contributed by atoms with Crippen molar-refractivity contribution in [2.24, 2.45) is 0 Å². The SMILES string of the molecule is CNC(CC1Cc2ccccc21)c1ccoc1. The molecule has 2 aromatic rings. The third kappa shape index (κ3) is 1.89. The van der Waals surface area contributed by atoms with Gasteiger partial charge in [0.2, 0.25) is 0 Å². The van der Waals surface area contributed by atoms with Gasteiger partial charge in [-0.1, -0.05) is 24.3 Å². The van der Waals surface area contributed by atoms with Gasteiger partial charge < -0.3 is 9.73 Å². The quantitative estimate of drug-likeness (QED) is 0.867. The van der Waals surface area contributed by atoms with Gasteiger partial charge in [0.25, 0.3) is 0 Å². The summed E-state index contributed by atoms with van der Waals surface area (Å²) in [4.78, 5) is 0. The lowest BCUT2D eigenvalue weighted by Crippen LogP contribution is -2.24. The number of rotatable bonds is 4. The van der Waals surface area contributed by atoms with Crippen LogP contribution in [0.4, 0.5) is 0 Å². The molecule has 2 atom stereocenters. The Bertz CT molecular complexity index is 489. The van der Waals surface area contributed by atoms with E-state index in [1.807, 2.05) is 19.4 Å². The molecule has 3 rings (SSSR count). The highest BCUT2D eigenvalue weighted by Crippen LogP contribution is 2.40. The highest BCUT2D eigenvalue weighted by Gasteiger charge is 2.28. The molecule has 17 heavy (non-hydrogen) atoms. The monoisotopic (exact) mass is 227 g/mol. The van der Waals surface area contributed by atoms with Crippen LogP contribution in [0.2, 0.25) is 0 Å². The van der Waals surface area contributed by atoms with E-state index < -0.39 is 0 Å². The van der Waals surface area contributed by atoms with Gasteiger partial charge >= 0.3 is 0 Å². The van der Waals surface area contributed by atoms with Crippen LogP contribution in [0.15, 0.2) is 47.3 Å². The van der Waals surface area contributed by atoms with Crippen LogP contribution in [0, 0.1) is 0 Å². The van der Waals surface area contributed by atoms with Gasteiger partial charge in [-0.15, -0.1) is 0 Å². The van der Waals surface area contributed by atoms with Crippen LogP contribution >= 0.6 is 0 Å². The summed E-state index contributed by atoms with van der Waals surface area (Å²) in [6.07, 6.45) is 5.94. The smallest absolute Gasteiger partial charge is 0.0950 e. The van der Waals surface area contributed by atoms with Gasteiger partial charge in [0.1, 0.15) is 0 Å². The van der Waals surface area contributed by atoms with E-state index in [2.05, 4.69) is 29.6 Å². The van der Waals surface area contributed by atoms with E-state index in [-0.39, 0.29) is 0 Å². The number of benzene rings is 1. The van der Waals surface area contributed by atoms with Crippen LogP contribution in [0.25, 0.3) is 0 Å². The number of hydrogen-bond acceptors (Lipinski definition) is 2. The highest BCUT2D eigenvalue weighted by atomic mass is 16.3. The Morgan fingerprint density at radius 3 is 2.94 bits per heavy atom. The molecule has 1 N–H and O–H groups in total. The molecule has 0 saturated heterocycles. The summed E-state index contributed by atoms with van der Waals surface area (Å²) in [5.41, 5.74) is 4.28. The minimum atomic E-state index is 0.395. The summed E-state index contributed by atoms with van der Waals surface area (Å²) in [6.45, 7) is 0. The first-order valence-electron chi connectivity index (χ1n) is 6.15. The molecular weight excluding hydrogens is 210 g/mol. The van der Waals surface area contributed by atoms with Crippen LogP contribution in [0.1, 0.15) is 35.1 Å². The second-order valence-corrected chi connectivity index (χ2v) is 4.73. The molecule has 1 aliphatic carbocycles. The fourth-order valence-electron chi connectivity index (χ4n) is 2.75. The lowest BCUT2D eigenvalue weighted by atomic mass is 9.74. The molecule has 2 nitrogen and oxygen atoms in total. The van der Waals surface area contributed by atoms with Crippen LogP contribution in [-0.2, 0) is 6.42 Å². The fourth-order valence-corrected chi connectivity index (χ4v) is 2.75. The summed E-state index contributed by atoms with van der Waals surface area (Å²) < 4.78 is 5.16. The van der Waals surface area contributed by atoms with E-state index >= 15 is 0 Å². The second-order valence-electron chi connectivity index (χ2n) is 4.73. The van der Waals surface area contributed by atoms with Crippen molar-refractivity contribution < 1.29 is 4.42 Å². The molecule has 0 bridgehead atoms. The van der Waals surface area contributed by atoms with Gasteiger partial charge in [-0.05, 0) is 43.0 Å². The summed E-state index contributed by atoms with van der Waals surface area (Å²) in [6, 6.07) is 11.2. The predicted octanol–water partition coefficient (Wildman–Crippen LogP) is 3.27. The maximum absolute atomic E-state index is 5.16. The molecule has 2 unspecified atom stereocenters. The number of nitrogens with one attached hydrogen (secondary N) is 1. The largest absolute Gasteiger partial charge is 0.472 e. The molecule has 0 radical (unpaired) electrons. The standard InChI is InChI=1S/C15H17NO/c1-16-15(12-6-7-17-10-12)9-13-8-11-4-2-3-5-14(11)13/h2-7,10,13,15-16H,8-9H2,1H3. The Balaban J connectivity index is 1.73. The van der Waals surface area contributed by atoms with Crippen molar-refractivity contribution in [3.8, 4) is 0 Å². The molecule has 2 heteroatoms. The van der Waals surface area contributed by atoms with E-state index in [0.29, 0.717) is 12.0 Å². The Labute approximate surface area is 102 Å². The lowest BCUT2D eigenvalue weighted by Gasteiger charge is -2.32. The molecule has 0 spiro atoms. The average molecular weight is 227 g/mol. The molecule has 1 aliphatic rings. The van der Waals surface area contributed by atoms with E-state index in [1.165, 1.54) is 23.1 Å². The van der Waals surface area contributed by atoms with Crippen LogP contribution < -0.4 is 5.32 Å². The van der Waals surface area contributed by atoms with Gasteiger partial charge in [0, 0.05) is 11.6 Å². The van der Waals surface area contributed by atoms with Gasteiger partial charge in [-0.3, -0.25) is 0 Å². The van der Waals surface area contributed by atoms with E-state index in [1.54, 1.807) is 6.26 Å². The third-order valence-electron chi connectivity index (χ3n) is 3.78. The molecule has 88 valence electrons. The topological polar surface area (TPSA) is 25.2 Å². The van der Waals surface area contributed by atoms with E-state index in [9.17, 15) is 0 Å². The fraction of sp³-hybridized carbons (Fsp3) is 0.333. The summed E-state index contributed by atoms with van der Waals surface area (Å²) in [5.74, 6) is 0.693. The Morgan fingerprint density at radius 1 is 1.35 bits per heavy atom. The number of fused-ring (bicyclic) bond motifs is 1. The summed E-state index contributed by atoms with van der Waals surface area (Å²) in [7, 11) is 2.02. The van der Waals surface area contributed by atoms with E-state index in [4.69, 9.17) is 4.42 Å². The molecule has 1 aromatic heterocycles. The minimum absolute atomic E-state index is 0.395. The van der Waals surface area contributed by atoms with Crippen LogP contribution in [-0.4, -0.2) is 7.05 Å². The molecule has 0 fully saturated rings. The maximum atomic E-state index is 5.16. The molecule has 1 aromatic carbocycles. The third-order valence-corrected chi connectivity index (χ3v) is 3.78. The van der Waals surface area contributed by atoms with Crippen LogP contribution in [0.3, 0.4) is 0 Å². The van der Waals surface area contributed by atoms with Gasteiger partial charge in [-0.2, -0.15) is 0 Å². The van der Waals surface area contributed by atoms with Crippen molar-refractivity contribution in [1.82, 2.24) is 5.32 Å². The Morgan fingerprint density at radius 2 is 2.24 bits per heavy atom. The highest BCUT2D eigenvalue weighted by molar-refractivity contribution is 5.40. The van der Waals surface area contributed by atoms with Gasteiger partial charge in [0.15, 0.2) is 0 Å². The van der Waals surface area contributed by atoms with Crippen molar-refractivity contribution in [3.63, 3.8) is 0 Å². The van der Waals surface area contributed by atoms with Crippen molar-refractivity contribution >= 4 is 0 Å². The minimum Gasteiger partial charge on any atom is -0.472 e. The van der Waals surface area contributed by atoms with Gasteiger partial charge in [-0.25, -0.2) is 0 Å². The normalized spacial score (nSPS) is 19.5. The molecule has 0 amide bonds. The lowest BCUT2D eigenvalue weighted by molar-refractivity contribution is 0.447. The predicted molar refractivity (Wildman–Crippen MR) is 68.0 cm³/mol. The number of hydrogen-bond donors (Lipinski definition) is 1. The van der Waals surface area contributed by atoms with E-state index in [0.717, 1.165) is 6.42 Å². The summed E-state index contributed by atoms with van der Waals surface area (Å²) >= 11 is 0. The zero-order valence-electron chi connectivity index (χ0n) is 10.0. The molecule has 0 aliphatic heterocycles. The van der Waals surface area contributed by atoms with Gasteiger partial charge in [0.05, 0.1) is 12.5 Å². The first kappa shape index (κ1) is 10.6. The van der Waals surface area contributed by atoms with Crippen molar-refractivity contribution in [2.75, 3.05) is 7.05 Å². The first-order valence-corrected chi connectivity index (χ1v) is 6.15. The summed E-state index contributed by atoms with van der Waals surface area (Å²) in [5, 5.41) is 3.37. The van der Waals surface area contributed by atoms with Crippen molar-refractivity contribution in [3.05, 3.63) is 59.5 Å². The Kier molecular flexibility index (Phi) is 2.73. The van der Waals surface area contributed by atoms with Crippen molar-refractivity contribution in [2.45, 2.75) is 24.8 Å². The zero-order chi connectivity index (χ0) is 11.7. The Hall–Kier alpha value is -1.54. The average Bonchev–Trinajstić information content (AvgIpc) is 2.84. The molecule has 1 heterocycles. The second kappa shape index (κ2) is 4.38. The van der Waals surface area contributed by atoms with Crippen molar-refractivity contribution in [1.29, 1.82) is 0 Å². The van der Waals surface area contributed by atoms with Crippen LogP contribution in [0.5, 0.6) is 0 Å². The zero-order valence-corrected chi connectivity index (χ0v) is 10.0. The number of furan rings is 1. The first-order chi connectivity index (χ1) is 8.38. The maximum Gasteiger partial charge on any atom is 0.0950 e. The molecule has 0 saturated carbocycles. The molecular formula is C15H17NO.